The predicted octanol–water partition coefficient (Wildman–Crippen LogP) is 2.29. The van der Waals surface area contributed by atoms with Gasteiger partial charge in [-0.3, -0.25) is 4.72 Å². The molecule has 2 rings (SSSR count). The molecule has 0 aliphatic carbocycles. The molecular formula is C12H13F3N2O4S. The number of hydrogen-bond donors (Lipinski definition) is 1. The van der Waals surface area contributed by atoms with E-state index in [0.29, 0.717) is 13.0 Å². The van der Waals surface area contributed by atoms with Crippen LogP contribution in [0.25, 0.3) is 0 Å². The number of ether oxygens (including phenoxy) is 1. The molecule has 122 valence electrons. The fourth-order valence-corrected chi connectivity index (χ4v) is 2.51. The quantitative estimate of drug-likeness (QED) is 0.914. The molecule has 0 unspecified atom stereocenters. The molecule has 1 heterocycles. The van der Waals surface area contributed by atoms with E-state index in [-0.39, 0.29) is 24.4 Å². The van der Waals surface area contributed by atoms with E-state index in [9.17, 15) is 26.4 Å². The van der Waals surface area contributed by atoms with Crippen molar-refractivity contribution in [2.24, 2.45) is 0 Å². The smallest absolute Gasteiger partial charge is 0.449 e. The maximum absolute atomic E-state index is 12.4. The zero-order valence-electron chi connectivity index (χ0n) is 11.3. The molecule has 1 saturated heterocycles. The second-order valence-electron chi connectivity index (χ2n) is 4.60. The number of carbonyl (C=O) groups is 1. The van der Waals surface area contributed by atoms with E-state index in [1.54, 1.807) is 0 Å². The van der Waals surface area contributed by atoms with Crippen molar-refractivity contribution >= 4 is 21.8 Å². The van der Waals surface area contributed by atoms with Crippen LogP contribution in [0.15, 0.2) is 24.3 Å². The van der Waals surface area contributed by atoms with Gasteiger partial charge in [0.2, 0.25) is 0 Å². The van der Waals surface area contributed by atoms with Gasteiger partial charge in [0.15, 0.2) is 0 Å². The summed E-state index contributed by atoms with van der Waals surface area (Å²) in [6.07, 6.45) is 0.0158. The van der Waals surface area contributed by atoms with Crippen molar-refractivity contribution in [1.82, 2.24) is 4.90 Å². The number of carbonyl (C=O) groups excluding carboxylic acids is 1. The summed E-state index contributed by atoms with van der Waals surface area (Å²) in [5.74, 6) is 0. The largest absolute Gasteiger partial charge is 0.516 e. The Balaban J connectivity index is 2.22. The van der Waals surface area contributed by atoms with Crippen molar-refractivity contribution in [2.45, 2.75) is 18.5 Å². The van der Waals surface area contributed by atoms with Crippen LogP contribution in [-0.4, -0.2) is 38.1 Å². The maximum atomic E-state index is 12.4. The zero-order chi connectivity index (χ0) is 16.4. The van der Waals surface area contributed by atoms with Crippen LogP contribution >= 0.6 is 0 Å². The molecule has 1 fully saturated rings. The lowest BCUT2D eigenvalue weighted by Gasteiger charge is -2.27. The Morgan fingerprint density at radius 3 is 2.59 bits per heavy atom. The Kier molecular flexibility index (Phi) is 4.50. The number of anilines is 1. The van der Waals surface area contributed by atoms with Crippen LogP contribution in [0.2, 0.25) is 0 Å². The van der Waals surface area contributed by atoms with E-state index in [1.165, 1.54) is 33.9 Å². The highest BCUT2D eigenvalue weighted by Gasteiger charge is 2.46. The molecule has 1 aliphatic heterocycles. The SMILES string of the molecule is O=C1OCCCN1Cc1ccccc1NS(=O)(=O)C(F)(F)F. The van der Waals surface area contributed by atoms with Gasteiger partial charge in [0.1, 0.15) is 0 Å². The fourth-order valence-electron chi connectivity index (χ4n) is 1.91. The number of nitrogens with zero attached hydrogens (tertiary/aromatic N) is 1. The van der Waals surface area contributed by atoms with E-state index in [4.69, 9.17) is 4.74 Å². The van der Waals surface area contributed by atoms with Crippen LogP contribution in [0, 0.1) is 0 Å². The first-order valence-electron chi connectivity index (χ1n) is 6.29. The van der Waals surface area contributed by atoms with Gasteiger partial charge in [0.25, 0.3) is 0 Å². The van der Waals surface area contributed by atoms with E-state index in [1.807, 2.05) is 0 Å². The summed E-state index contributed by atoms with van der Waals surface area (Å²) in [5.41, 5.74) is -5.39. The van der Waals surface area contributed by atoms with Gasteiger partial charge in [0, 0.05) is 6.54 Å². The van der Waals surface area contributed by atoms with Crippen molar-refractivity contribution in [2.75, 3.05) is 17.9 Å². The number of nitrogens with one attached hydrogen (secondary N) is 1. The molecule has 0 atom stereocenters. The number of halogens is 3. The topological polar surface area (TPSA) is 75.7 Å². The highest BCUT2D eigenvalue weighted by molar-refractivity contribution is 7.93. The molecule has 0 bridgehead atoms. The molecule has 0 aromatic heterocycles. The van der Waals surface area contributed by atoms with Gasteiger partial charge in [-0.25, -0.2) is 4.79 Å². The normalized spacial score (nSPS) is 16.3. The third-order valence-corrected chi connectivity index (χ3v) is 4.08. The number of sulfonamides is 1. The third kappa shape index (κ3) is 3.62. The maximum Gasteiger partial charge on any atom is 0.516 e. The fraction of sp³-hybridized carbons (Fsp3) is 0.417. The van der Waals surface area contributed by atoms with E-state index < -0.39 is 21.6 Å². The first-order valence-corrected chi connectivity index (χ1v) is 7.78. The molecule has 1 aromatic rings. The van der Waals surface area contributed by atoms with Gasteiger partial charge in [-0.05, 0) is 18.1 Å². The van der Waals surface area contributed by atoms with Crippen LogP contribution < -0.4 is 4.72 Å². The number of cyclic esters (lactones) is 1. The number of para-hydroxylation sites is 1. The molecule has 1 amide bonds. The second-order valence-corrected chi connectivity index (χ2v) is 6.27. The lowest BCUT2D eigenvalue weighted by atomic mass is 10.1. The summed E-state index contributed by atoms with van der Waals surface area (Å²) < 4.78 is 66.0. The molecule has 0 spiro atoms. The van der Waals surface area contributed by atoms with Crippen molar-refractivity contribution in [3.8, 4) is 0 Å². The highest BCUT2D eigenvalue weighted by atomic mass is 32.2. The summed E-state index contributed by atoms with van der Waals surface area (Å²) in [6, 6.07) is 5.58. The van der Waals surface area contributed by atoms with Crippen LogP contribution in [-0.2, 0) is 21.3 Å². The second kappa shape index (κ2) is 6.03. The molecule has 22 heavy (non-hydrogen) atoms. The first-order chi connectivity index (χ1) is 10.2. The predicted molar refractivity (Wildman–Crippen MR) is 71.4 cm³/mol. The monoisotopic (exact) mass is 338 g/mol. The molecule has 1 aromatic carbocycles. The van der Waals surface area contributed by atoms with Gasteiger partial charge in [-0.1, -0.05) is 18.2 Å². The number of alkyl halides is 3. The summed E-state index contributed by atoms with van der Waals surface area (Å²) >= 11 is 0. The van der Waals surface area contributed by atoms with Crippen LogP contribution in [0.3, 0.4) is 0 Å². The van der Waals surface area contributed by atoms with Crippen LogP contribution in [0.4, 0.5) is 23.7 Å². The van der Waals surface area contributed by atoms with Crippen molar-refractivity contribution in [1.29, 1.82) is 0 Å². The summed E-state index contributed by atoms with van der Waals surface area (Å²) in [7, 11) is -5.51. The molecule has 1 aliphatic rings. The minimum absolute atomic E-state index is 0.0462. The lowest BCUT2D eigenvalue weighted by Crippen LogP contribution is -2.37. The zero-order valence-corrected chi connectivity index (χ0v) is 12.1. The minimum atomic E-state index is -5.51. The van der Waals surface area contributed by atoms with Crippen LogP contribution in [0.5, 0.6) is 0 Å². The number of rotatable bonds is 4. The van der Waals surface area contributed by atoms with Crippen LogP contribution in [0.1, 0.15) is 12.0 Å². The van der Waals surface area contributed by atoms with Crippen molar-refractivity contribution in [3.63, 3.8) is 0 Å². The van der Waals surface area contributed by atoms with Gasteiger partial charge in [0.05, 0.1) is 18.8 Å². The number of amides is 1. The summed E-state index contributed by atoms with van der Waals surface area (Å²) in [6.45, 7) is 0.631. The van der Waals surface area contributed by atoms with Gasteiger partial charge in [-0.2, -0.15) is 21.6 Å². The standard InChI is InChI=1S/C12H13F3N2O4S/c13-12(14,15)22(19,20)16-10-5-2-1-4-9(10)8-17-6-3-7-21-11(17)18/h1-2,4-5,16H,3,6-8H2. The van der Waals surface area contributed by atoms with Crippen molar-refractivity contribution in [3.05, 3.63) is 29.8 Å². The Bertz CT molecular complexity index is 661. The Morgan fingerprint density at radius 1 is 1.27 bits per heavy atom. The van der Waals surface area contributed by atoms with Gasteiger partial charge in [-0.15, -0.1) is 0 Å². The number of benzene rings is 1. The highest BCUT2D eigenvalue weighted by Crippen LogP contribution is 2.27. The third-order valence-electron chi connectivity index (χ3n) is 2.98. The molecular weight excluding hydrogens is 325 g/mol. The molecule has 10 heteroatoms. The van der Waals surface area contributed by atoms with Crippen molar-refractivity contribution < 1.29 is 31.1 Å². The Morgan fingerprint density at radius 2 is 1.95 bits per heavy atom. The summed E-state index contributed by atoms with van der Waals surface area (Å²) in [5, 5.41) is 0. The Labute approximate surface area is 124 Å². The van der Waals surface area contributed by atoms with E-state index >= 15 is 0 Å². The molecule has 6 nitrogen and oxygen atoms in total. The van der Waals surface area contributed by atoms with E-state index in [0.717, 1.165) is 0 Å². The molecule has 0 radical (unpaired) electrons. The van der Waals surface area contributed by atoms with Gasteiger partial charge >= 0.3 is 21.6 Å². The Hall–Kier alpha value is -1.97. The first kappa shape index (κ1) is 16.4. The summed E-state index contributed by atoms with van der Waals surface area (Å²) in [4.78, 5) is 12.8. The average Bonchev–Trinajstić information content (AvgIpc) is 2.42. The molecule has 1 N–H and O–H groups in total. The minimum Gasteiger partial charge on any atom is -0.449 e. The molecule has 0 saturated carbocycles. The van der Waals surface area contributed by atoms with Gasteiger partial charge < -0.3 is 9.64 Å². The lowest BCUT2D eigenvalue weighted by molar-refractivity contribution is -0.0429. The number of hydrogen-bond acceptors (Lipinski definition) is 4. The van der Waals surface area contributed by atoms with E-state index in [2.05, 4.69) is 0 Å². The average molecular weight is 338 g/mol.